The maximum Gasteiger partial charge on any atom is 0.223 e. The number of nitrogens with one attached hydrogen (secondary N) is 1. The van der Waals surface area contributed by atoms with E-state index in [0.717, 1.165) is 38.2 Å². The average Bonchev–Trinajstić information content (AvgIpc) is 2.96. The minimum atomic E-state index is 0.0910. The van der Waals surface area contributed by atoms with E-state index in [1.54, 1.807) is 6.26 Å². The number of rotatable bonds is 5. The van der Waals surface area contributed by atoms with Crippen LogP contribution >= 0.6 is 0 Å². The van der Waals surface area contributed by atoms with Crippen LogP contribution in [0.25, 0.3) is 0 Å². The topological polar surface area (TPSA) is 69.3 Å². The van der Waals surface area contributed by atoms with Gasteiger partial charge in [0.15, 0.2) is 0 Å². The highest BCUT2D eigenvalue weighted by Crippen LogP contribution is 2.17. The number of nitrogens with zero attached hydrogens (tertiary/aromatic N) is 2. The van der Waals surface area contributed by atoms with Crippen molar-refractivity contribution >= 4 is 5.91 Å². The van der Waals surface area contributed by atoms with Gasteiger partial charge in [-0.1, -0.05) is 0 Å². The predicted octanol–water partition coefficient (Wildman–Crippen LogP) is 1.52. The Hall–Kier alpha value is -1.80. The number of hydrogen-bond donors (Lipinski definition) is 1. The number of piperidine rings is 1. The maximum absolute atomic E-state index is 12.0. The van der Waals surface area contributed by atoms with Gasteiger partial charge < -0.3 is 14.6 Å². The molecule has 5 nitrogen and oxygen atoms in total. The summed E-state index contributed by atoms with van der Waals surface area (Å²) in [6.45, 7) is 3.08. The molecule has 1 amide bonds. The SMILES string of the molecule is N#CCCN1CCC(C(=O)NCc2ccco2)CC1. The Morgan fingerprint density at radius 2 is 2.32 bits per heavy atom. The second kappa shape index (κ2) is 6.95. The molecule has 1 aromatic heterocycles. The summed E-state index contributed by atoms with van der Waals surface area (Å²) in [4.78, 5) is 14.2. The van der Waals surface area contributed by atoms with Crippen LogP contribution in [-0.4, -0.2) is 30.4 Å². The van der Waals surface area contributed by atoms with Gasteiger partial charge in [-0.25, -0.2) is 0 Å². The zero-order valence-corrected chi connectivity index (χ0v) is 11.0. The van der Waals surface area contributed by atoms with Crippen LogP contribution in [0.2, 0.25) is 0 Å². The molecule has 0 radical (unpaired) electrons. The number of carbonyl (C=O) groups is 1. The molecule has 0 bridgehead atoms. The van der Waals surface area contributed by atoms with Gasteiger partial charge in [0.25, 0.3) is 0 Å². The molecule has 1 aliphatic rings. The zero-order chi connectivity index (χ0) is 13.5. The monoisotopic (exact) mass is 261 g/mol. The molecule has 1 N–H and O–H groups in total. The van der Waals surface area contributed by atoms with Gasteiger partial charge in [0.05, 0.1) is 18.9 Å². The summed E-state index contributed by atoms with van der Waals surface area (Å²) in [5.41, 5.74) is 0. The molecule has 0 aliphatic carbocycles. The predicted molar refractivity (Wildman–Crippen MR) is 69.9 cm³/mol. The molecule has 0 saturated carbocycles. The van der Waals surface area contributed by atoms with E-state index in [-0.39, 0.29) is 11.8 Å². The van der Waals surface area contributed by atoms with Crippen LogP contribution in [0.1, 0.15) is 25.0 Å². The van der Waals surface area contributed by atoms with E-state index >= 15 is 0 Å². The largest absolute Gasteiger partial charge is 0.467 e. The van der Waals surface area contributed by atoms with Crippen molar-refractivity contribution in [1.82, 2.24) is 10.2 Å². The summed E-state index contributed by atoms with van der Waals surface area (Å²) in [7, 11) is 0. The normalized spacial score (nSPS) is 17.0. The Morgan fingerprint density at radius 3 is 2.95 bits per heavy atom. The van der Waals surface area contributed by atoms with E-state index in [1.165, 1.54) is 0 Å². The van der Waals surface area contributed by atoms with Gasteiger partial charge in [0.1, 0.15) is 5.76 Å². The molecule has 5 heteroatoms. The van der Waals surface area contributed by atoms with E-state index in [9.17, 15) is 4.79 Å². The molecule has 0 spiro atoms. The fourth-order valence-corrected chi connectivity index (χ4v) is 2.36. The second-order valence-corrected chi connectivity index (χ2v) is 4.82. The van der Waals surface area contributed by atoms with Crippen LogP contribution in [0, 0.1) is 17.2 Å². The quantitative estimate of drug-likeness (QED) is 0.872. The third-order valence-corrected chi connectivity index (χ3v) is 3.52. The lowest BCUT2D eigenvalue weighted by Crippen LogP contribution is -2.40. The molecule has 0 aromatic carbocycles. The molecule has 2 rings (SSSR count). The first kappa shape index (κ1) is 13.6. The number of furan rings is 1. The van der Waals surface area contributed by atoms with Crippen molar-refractivity contribution < 1.29 is 9.21 Å². The van der Waals surface area contributed by atoms with Crippen LogP contribution in [0.3, 0.4) is 0 Å². The van der Waals surface area contributed by atoms with Gasteiger partial charge in [0.2, 0.25) is 5.91 Å². The number of nitriles is 1. The van der Waals surface area contributed by atoms with Crippen LogP contribution in [0.5, 0.6) is 0 Å². The molecule has 1 fully saturated rings. The molecular formula is C14H19N3O2. The van der Waals surface area contributed by atoms with E-state index in [0.29, 0.717) is 13.0 Å². The van der Waals surface area contributed by atoms with E-state index in [1.807, 2.05) is 12.1 Å². The van der Waals surface area contributed by atoms with Crippen molar-refractivity contribution in [2.24, 2.45) is 5.92 Å². The summed E-state index contributed by atoms with van der Waals surface area (Å²) in [5, 5.41) is 11.5. The third kappa shape index (κ3) is 4.11. The lowest BCUT2D eigenvalue weighted by atomic mass is 9.96. The first-order valence-corrected chi connectivity index (χ1v) is 6.69. The zero-order valence-electron chi connectivity index (χ0n) is 11.0. The van der Waals surface area contributed by atoms with Gasteiger partial charge in [-0.05, 0) is 38.1 Å². The molecule has 1 aliphatic heterocycles. The molecule has 2 heterocycles. The van der Waals surface area contributed by atoms with E-state index in [4.69, 9.17) is 9.68 Å². The summed E-state index contributed by atoms with van der Waals surface area (Å²) in [5.74, 6) is 0.976. The second-order valence-electron chi connectivity index (χ2n) is 4.82. The summed E-state index contributed by atoms with van der Waals surface area (Å²) < 4.78 is 5.18. The smallest absolute Gasteiger partial charge is 0.223 e. The molecule has 0 unspecified atom stereocenters. The van der Waals surface area contributed by atoms with Crippen molar-refractivity contribution in [2.75, 3.05) is 19.6 Å². The number of hydrogen-bond acceptors (Lipinski definition) is 4. The standard InChI is InChI=1S/C14H19N3O2/c15-6-2-7-17-8-4-12(5-9-17)14(18)16-11-13-3-1-10-19-13/h1,3,10,12H,2,4-5,7-9,11H2,(H,16,18). The van der Waals surface area contributed by atoms with Crippen molar-refractivity contribution in [3.8, 4) is 6.07 Å². The fraction of sp³-hybridized carbons (Fsp3) is 0.571. The Morgan fingerprint density at radius 1 is 1.53 bits per heavy atom. The van der Waals surface area contributed by atoms with Crippen molar-refractivity contribution in [2.45, 2.75) is 25.8 Å². The first-order chi connectivity index (χ1) is 9.29. The molecule has 102 valence electrons. The molecular weight excluding hydrogens is 242 g/mol. The highest BCUT2D eigenvalue weighted by atomic mass is 16.3. The third-order valence-electron chi connectivity index (χ3n) is 3.52. The van der Waals surface area contributed by atoms with Gasteiger partial charge in [-0.3, -0.25) is 4.79 Å². The minimum Gasteiger partial charge on any atom is -0.467 e. The van der Waals surface area contributed by atoms with Gasteiger partial charge in [-0.15, -0.1) is 0 Å². The van der Waals surface area contributed by atoms with Crippen molar-refractivity contribution in [3.05, 3.63) is 24.2 Å². The summed E-state index contributed by atoms with van der Waals surface area (Å²) in [6, 6.07) is 5.82. The van der Waals surface area contributed by atoms with E-state index < -0.39 is 0 Å². The Kier molecular flexibility index (Phi) is 4.99. The van der Waals surface area contributed by atoms with Crippen LogP contribution in [0.4, 0.5) is 0 Å². The molecule has 19 heavy (non-hydrogen) atoms. The summed E-state index contributed by atoms with van der Waals surface area (Å²) in [6.07, 6.45) is 3.91. The highest BCUT2D eigenvalue weighted by Gasteiger charge is 2.24. The van der Waals surface area contributed by atoms with Gasteiger partial charge >= 0.3 is 0 Å². The fourth-order valence-electron chi connectivity index (χ4n) is 2.36. The number of likely N-dealkylation sites (tertiary alicyclic amines) is 1. The maximum atomic E-state index is 12.0. The first-order valence-electron chi connectivity index (χ1n) is 6.69. The lowest BCUT2D eigenvalue weighted by molar-refractivity contribution is -0.126. The van der Waals surface area contributed by atoms with Crippen LogP contribution in [0.15, 0.2) is 22.8 Å². The van der Waals surface area contributed by atoms with Crippen molar-refractivity contribution in [3.63, 3.8) is 0 Å². The summed E-state index contributed by atoms with van der Waals surface area (Å²) >= 11 is 0. The molecule has 1 saturated heterocycles. The Balaban J connectivity index is 1.69. The molecule has 0 atom stereocenters. The lowest BCUT2D eigenvalue weighted by Gasteiger charge is -2.30. The number of amides is 1. The van der Waals surface area contributed by atoms with E-state index in [2.05, 4.69) is 16.3 Å². The highest BCUT2D eigenvalue weighted by molar-refractivity contribution is 5.78. The Labute approximate surface area is 113 Å². The Bertz CT molecular complexity index is 428. The molecule has 1 aromatic rings. The van der Waals surface area contributed by atoms with Crippen LogP contribution in [-0.2, 0) is 11.3 Å². The van der Waals surface area contributed by atoms with Crippen LogP contribution < -0.4 is 5.32 Å². The number of carbonyl (C=O) groups excluding carboxylic acids is 1. The van der Waals surface area contributed by atoms with Crippen molar-refractivity contribution in [1.29, 1.82) is 5.26 Å². The van der Waals surface area contributed by atoms with Gasteiger partial charge in [-0.2, -0.15) is 5.26 Å². The van der Waals surface area contributed by atoms with Gasteiger partial charge in [0, 0.05) is 18.9 Å². The minimum absolute atomic E-state index is 0.0910. The average molecular weight is 261 g/mol.